The Hall–Kier alpha value is -1.43. The molecule has 0 fully saturated rings. The van der Waals surface area contributed by atoms with E-state index in [4.69, 9.17) is 5.26 Å². The quantitative estimate of drug-likeness (QED) is 0.818. The summed E-state index contributed by atoms with van der Waals surface area (Å²) in [5, 5.41) is 8.65. The summed E-state index contributed by atoms with van der Waals surface area (Å²) >= 11 is 0. The molecule has 0 aliphatic rings. The second-order valence-electron chi connectivity index (χ2n) is 4.68. The van der Waals surface area contributed by atoms with Gasteiger partial charge in [0.2, 0.25) is 10.0 Å². The number of nitrogens with one attached hydrogen (secondary N) is 1. The SMILES string of the molecule is CC(CS(C)(=O)=O)NS(=O)(=O)Cc1ccc(C#N)cc1. The molecule has 20 heavy (non-hydrogen) atoms. The molecule has 1 unspecified atom stereocenters. The van der Waals surface area contributed by atoms with Crippen molar-refractivity contribution in [3.8, 4) is 6.07 Å². The minimum atomic E-state index is -3.62. The van der Waals surface area contributed by atoms with Crippen LogP contribution in [0.3, 0.4) is 0 Å². The summed E-state index contributed by atoms with van der Waals surface area (Å²) in [6.45, 7) is 1.50. The van der Waals surface area contributed by atoms with Crippen LogP contribution in [0.1, 0.15) is 18.1 Å². The zero-order valence-electron chi connectivity index (χ0n) is 11.2. The van der Waals surface area contributed by atoms with E-state index in [0.29, 0.717) is 11.1 Å². The van der Waals surface area contributed by atoms with Crippen LogP contribution in [0.25, 0.3) is 0 Å². The molecule has 1 aromatic carbocycles. The number of nitriles is 1. The van der Waals surface area contributed by atoms with Crippen molar-refractivity contribution < 1.29 is 16.8 Å². The average molecular weight is 316 g/mol. The summed E-state index contributed by atoms with van der Waals surface area (Å²) in [4.78, 5) is 0. The molecule has 0 saturated carbocycles. The van der Waals surface area contributed by atoms with Crippen LogP contribution in [0.4, 0.5) is 0 Å². The maximum absolute atomic E-state index is 11.9. The van der Waals surface area contributed by atoms with E-state index < -0.39 is 25.9 Å². The molecule has 8 heteroatoms. The van der Waals surface area contributed by atoms with Gasteiger partial charge in [-0.25, -0.2) is 21.6 Å². The van der Waals surface area contributed by atoms with E-state index in [1.54, 1.807) is 12.1 Å². The predicted octanol–water partition coefficient (Wildman–Crippen LogP) is 0.411. The van der Waals surface area contributed by atoms with E-state index in [1.807, 2.05) is 6.07 Å². The molecular weight excluding hydrogens is 300 g/mol. The minimum Gasteiger partial charge on any atom is -0.229 e. The Bertz CT molecular complexity index is 701. The number of benzene rings is 1. The van der Waals surface area contributed by atoms with Gasteiger partial charge in [-0.15, -0.1) is 0 Å². The van der Waals surface area contributed by atoms with Crippen molar-refractivity contribution in [1.82, 2.24) is 4.72 Å². The largest absolute Gasteiger partial charge is 0.229 e. The first-order valence-electron chi connectivity index (χ1n) is 5.78. The van der Waals surface area contributed by atoms with E-state index in [-0.39, 0.29) is 11.5 Å². The molecule has 0 spiro atoms. The summed E-state index contributed by atoms with van der Waals surface area (Å²) in [6.07, 6.45) is 1.05. The number of rotatable bonds is 6. The fourth-order valence-corrected chi connectivity index (χ4v) is 4.24. The summed E-state index contributed by atoms with van der Waals surface area (Å²) in [7, 11) is -6.86. The maximum Gasteiger partial charge on any atom is 0.216 e. The highest BCUT2D eigenvalue weighted by Crippen LogP contribution is 2.08. The van der Waals surface area contributed by atoms with E-state index >= 15 is 0 Å². The van der Waals surface area contributed by atoms with Crippen LogP contribution in [0, 0.1) is 11.3 Å². The van der Waals surface area contributed by atoms with Gasteiger partial charge in [-0.1, -0.05) is 12.1 Å². The van der Waals surface area contributed by atoms with Crippen LogP contribution >= 0.6 is 0 Å². The summed E-state index contributed by atoms with van der Waals surface area (Å²) in [6, 6.07) is 7.43. The molecule has 1 aromatic rings. The maximum atomic E-state index is 11.9. The van der Waals surface area contributed by atoms with E-state index in [9.17, 15) is 16.8 Å². The van der Waals surface area contributed by atoms with E-state index in [2.05, 4.69) is 4.72 Å². The molecule has 0 amide bonds. The Morgan fingerprint density at radius 2 is 1.75 bits per heavy atom. The fraction of sp³-hybridized carbons (Fsp3) is 0.417. The standard InChI is InChI=1S/C12H16N2O4S2/c1-10(8-19(2,15)16)14-20(17,18)9-12-5-3-11(7-13)4-6-12/h3-6,10,14H,8-9H2,1-2H3. The lowest BCUT2D eigenvalue weighted by Gasteiger charge is -2.13. The highest BCUT2D eigenvalue weighted by atomic mass is 32.2. The van der Waals surface area contributed by atoms with Gasteiger partial charge in [0.05, 0.1) is 23.1 Å². The van der Waals surface area contributed by atoms with Gasteiger partial charge >= 0.3 is 0 Å². The van der Waals surface area contributed by atoms with Crippen molar-refractivity contribution in [2.75, 3.05) is 12.0 Å². The van der Waals surface area contributed by atoms with Crippen LogP contribution in [-0.4, -0.2) is 34.9 Å². The molecule has 1 atom stereocenters. The summed E-state index contributed by atoms with van der Waals surface area (Å²) in [5.74, 6) is -0.508. The van der Waals surface area contributed by atoms with Crippen LogP contribution in [0.15, 0.2) is 24.3 Å². The molecule has 0 bridgehead atoms. The zero-order valence-corrected chi connectivity index (χ0v) is 12.8. The van der Waals surface area contributed by atoms with Crippen molar-refractivity contribution in [1.29, 1.82) is 5.26 Å². The summed E-state index contributed by atoms with van der Waals surface area (Å²) in [5.41, 5.74) is 0.979. The first-order chi connectivity index (χ1) is 9.11. The third-order valence-electron chi connectivity index (χ3n) is 2.37. The number of hydrogen-bond acceptors (Lipinski definition) is 5. The molecule has 6 nitrogen and oxygen atoms in total. The first kappa shape index (κ1) is 16.6. The molecule has 0 saturated heterocycles. The molecule has 1 rings (SSSR count). The first-order valence-corrected chi connectivity index (χ1v) is 9.49. The van der Waals surface area contributed by atoms with Crippen LogP contribution in [0.5, 0.6) is 0 Å². The Morgan fingerprint density at radius 1 is 1.20 bits per heavy atom. The Morgan fingerprint density at radius 3 is 2.20 bits per heavy atom. The third kappa shape index (κ3) is 6.14. The molecule has 0 aromatic heterocycles. The fourth-order valence-electron chi connectivity index (χ4n) is 1.73. The number of sulfone groups is 1. The van der Waals surface area contributed by atoms with Crippen molar-refractivity contribution in [3.63, 3.8) is 0 Å². The second kappa shape index (κ2) is 6.35. The van der Waals surface area contributed by atoms with E-state index in [1.165, 1.54) is 19.1 Å². The van der Waals surface area contributed by atoms with Gasteiger partial charge in [0.25, 0.3) is 0 Å². The molecule has 110 valence electrons. The second-order valence-corrected chi connectivity index (χ2v) is 8.62. The monoisotopic (exact) mass is 316 g/mol. The Labute approximate surface area is 119 Å². The van der Waals surface area contributed by atoms with Gasteiger partial charge in [0.1, 0.15) is 9.84 Å². The van der Waals surface area contributed by atoms with Gasteiger partial charge in [0, 0.05) is 12.3 Å². The van der Waals surface area contributed by atoms with Crippen LogP contribution < -0.4 is 4.72 Å². The zero-order chi connectivity index (χ0) is 15.4. The number of sulfonamides is 1. The molecule has 0 aliphatic carbocycles. The number of nitrogens with zero attached hydrogens (tertiary/aromatic N) is 1. The van der Waals surface area contributed by atoms with Crippen molar-refractivity contribution in [2.24, 2.45) is 0 Å². The van der Waals surface area contributed by atoms with Crippen LogP contribution in [-0.2, 0) is 25.6 Å². The van der Waals surface area contributed by atoms with Gasteiger partial charge in [0.15, 0.2) is 0 Å². The molecule has 0 heterocycles. The van der Waals surface area contributed by atoms with Crippen molar-refractivity contribution >= 4 is 19.9 Å². The van der Waals surface area contributed by atoms with Gasteiger partial charge in [-0.05, 0) is 24.6 Å². The predicted molar refractivity (Wildman–Crippen MR) is 76.1 cm³/mol. The third-order valence-corrected chi connectivity index (χ3v) is 4.95. The van der Waals surface area contributed by atoms with E-state index in [0.717, 1.165) is 6.26 Å². The van der Waals surface area contributed by atoms with Gasteiger partial charge < -0.3 is 0 Å². The lowest BCUT2D eigenvalue weighted by atomic mass is 10.2. The molecule has 0 radical (unpaired) electrons. The minimum absolute atomic E-state index is 0.250. The average Bonchev–Trinajstić information content (AvgIpc) is 2.25. The van der Waals surface area contributed by atoms with Gasteiger partial charge in [-0.3, -0.25) is 0 Å². The lowest BCUT2D eigenvalue weighted by Crippen LogP contribution is -2.37. The smallest absolute Gasteiger partial charge is 0.216 e. The highest BCUT2D eigenvalue weighted by Gasteiger charge is 2.18. The number of hydrogen-bond donors (Lipinski definition) is 1. The van der Waals surface area contributed by atoms with Crippen LogP contribution in [0.2, 0.25) is 0 Å². The molecule has 1 N–H and O–H groups in total. The topological polar surface area (TPSA) is 104 Å². The molecular formula is C12H16N2O4S2. The summed E-state index contributed by atoms with van der Waals surface area (Å²) < 4.78 is 48.3. The lowest BCUT2D eigenvalue weighted by molar-refractivity contribution is 0.564. The normalized spacial score (nSPS) is 13.7. The van der Waals surface area contributed by atoms with Gasteiger partial charge in [-0.2, -0.15) is 5.26 Å². The van der Waals surface area contributed by atoms with Crippen molar-refractivity contribution in [2.45, 2.75) is 18.7 Å². The Balaban J connectivity index is 2.72. The Kier molecular flexibility index (Phi) is 5.28. The molecule has 0 aliphatic heterocycles. The van der Waals surface area contributed by atoms with Crippen molar-refractivity contribution in [3.05, 3.63) is 35.4 Å². The highest BCUT2D eigenvalue weighted by molar-refractivity contribution is 7.91.